The molecule has 7 aromatic carbocycles. The summed E-state index contributed by atoms with van der Waals surface area (Å²) < 4.78 is 12.1. The van der Waals surface area contributed by atoms with Gasteiger partial charge in [0.2, 0.25) is 0 Å². The van der Waals surface area contributed by atoms with Crippen molar-refractivity contribution in [1.82, 2.24) is 0 Å². The van der Waals surface area contributed by atoms with Crippen molar-refractivity contribution in [2.24, 2.45) is 0 Å². The average molecular weight is 598 g/mol. The zero-order valence-corrected chi connectivity index (χ0v) is 25.1. The average Bonchev–Trinajstić information content (AvgIpc) is 3.77. The van der Waals surface area contributed by atoms with Crippen LogP contribution < -0.4 is 4.90 Å². The number of nitrogens with zero attached hydrogens (tertiary/aromatic N) is 1. The Morgan fingerprint density at radius 1 is 0.364 bits per heavy atom. The second-order valence-corrected chi connectivity index (χ2v) is 13.4. The molecule has 0 saturated heterocycles. The van der Waals surface area contributed by atoms with Crippen LogP contribution in [0.2, 0.25) is 0 Å². The maximum atomic E-state index is 6.95. The third kappa shape index (κ3) is 3.35. The van der Waals surface area contributed by atoms with Crippen LogP contribution in [0.1, 0.15) is 0 Å². The quantitative estimate of drug-likeness (QED) is 0.201. The molecular formula is C40H23NOS2. The molecule has 3 heterocycles. The van der Waals surface area contributed by atoms with E-state index in [1.165, 1.54) is 45.7 Å². The third-order valence-electron chi connectivity index (χ3n) is 8.85. The predicted molar refractivity (Wildman–Crippen MR) is 192 cm³/mol. The van der Waals surface area contributed by atoms with Gasteiger partial charge in [-0.25, -0.2) is 0 Å². The molecule has 0 aliphatic heterocycles. The number of benzene rings is 7. The first-order chi connectivity index (χ1) is 21.8. The Bertz CT molecular complexity index is 2630. The summed E-state index contributed by atoms with van der Waals surface area (Å²) in [4.78, 5) is 2.45. The lowest BCUT2D eigenvalue weighted by atomic mass is 10.0. The van der Waals surface area contributed by atoms with E-state index in [4.69, 9.17) is 4.42 Å². The minimum atomic E-state index is 0.895. The van der Waals surface area contributed by atoms with Crippen molar-refractivity contribution in [1.29, 1.82) is 0 Å². The van der Waals surface area contributed by atoms with E-state index in [1.54, 1.807) is 0 Å². The molecular weight excluding hydrogens is 575 g/mol. The van der Waals surface area contributed by atoms with Gasteiger partial charge < -0.3 is 9.32 Å². The first kappa shape index (κ1) is 24.3. The van der Waals surface area contributed by atoms with Crippen LogP contribution in [0.25, 0.3) is 73.1 Å². The molecule has 10 rings (SSSR count). The predicted octanol–water partition coefficient (Wildman–Crippen LogP) is 12.9. The Morgan fingerprint density at radius 2 is 0.864 bits per heavy atom. The van der Waals surface area contributed by atoms with Crippen LogP contribution in [0.15, 0.2) is 144 Å². The van der Waals surface area contributed by atoms with Gasteiger partial charge in [-0.2, -0.15) is 0 Å². The number of furan rings is 1. The summed E-state index contributed by atoms with van der Waals surface area (Å²) >= 11 is 3.70. The van der Waals surface area contributed by atoms with Gasteiger partial charge in [0.25, 0.3) is 0 Å². The second kappa shape index (κ2) is 9.17. The minimum Gasteiger partial charge on any atom is -0.453 e. The standard InChI is InChI=1S/C40H23NOS2/c1-2-11-25-24(10-1)22-23-27-26-14-7-17-32(40(26)42-39(25)27)41(30-15-8-20-35-37(30)28-12-3-5-18-33(28)43-35)31-16-9-21-36-38(31)29-13-4-6-19-34(29)44-36/h1-23H. The van der Waals surface area contributed by atoms with E-state index in [1.807, 2.05) is 22.7 Å². The van der Waals surface area contributed by atoms with Crippen LogP contribution in [-0.4, -0.2) is 0 Å². The normalized spacial score (nSPS) is 12.1. The summed E-state index contributed by atoms with van der Waals surface area (Å²) in [5, 5.41) is 9.66. The number of fused-ring (bicyclic) bond motifs is 11. The van der Waals surface area contributed by atoms with Crippen LogP contribution >= 0.6 is 22.7 Å². The zero-order chi connectivity index (χ0) is 28.8. The van der Waals surface area contributed by atoms with Gasteiger partial charge in [0, 0.05) is 56.5 Å². The fraction of sp³-hybridized carbons (Fsp3) is 0. The topological polar surface area (TPSA) is 16.4 Å². The van der Waals surface area contributed by atoms with Crippen molar-refractivity contribution in [2.45, 2.75) is 0 Å². The molecule has 0 bridgehead atoms. The largest absolute Gasteiger partial charge is 0.453 e. The number of hydrogen-bond acceptors (Lipinski definition) is 4. The number of rotatable bonds is 3. The highest BCUT2D eigenvalue weighted by molar-refractivity contribution is 7.26. The van der Waals surface area contributed by atoms with Gasteiger partial charge in [-0.1, -0.05) is 91.0 Å². The van der Waals surface area contributed by atoms with Crippen molar-refractivity contribution in [2.75, 3.05) is 4.90 Å². The second-order valence-electron chi connectivity index (χ2n) is 11.3. The van der Waals surface area contributed by atoms with Gasteiger partial charge >= 0.3 is 0 Å². The Kier molecular flexibility index (Phi) is 5.06. The van der Waals surface area contributed by atoms with E-state index in [9.17, 15) is 0 Å². The highest BCUT2D eigenvalue weighted by Gasteiger charge is 2.25. The molecule has 0 radical (unpaired) electrons. The smallest absolute Gasteiger partial charge is 0.159 e. The summed E-state index contributed by atoms with van der Waals surface area (Å²) in [7, 11) is 0. The maximum Gasteiger partial charge on any atom is 0.159 e. The van der Waals surface area contributed by atoms with Gasteiger partial charge in [-0.15, -0.1) is 22.7 Å². The molecule has 0 fully saturated rings. The van der Waals surface area contributed by atoms with Crippen LogP contribution in [0, 0.1) is 0 Å². The van der Waals surface area contributed by atoms with Gasteiger partial charge in [0.15, 0.2) is 5.58 Å². The molecule has 0 unspecified atom stereocenters. The van der Waals surface area contributed by atoms with Crippen molar-refractivity contribution >= 4 is 113 Å². The first-order valence-corrected chi connectivity index (χ1v) is 16.4. The maximum absolute atomic E-state index is 6.95. The summed E-state index contributed by atoms with van der Waals surface area (Å²) in [6, 6.07) is 50.4. The van der Waals surface area contributed by atoms with Crippen LogP contribution in [0.3, 0.4) is 0 Å². The molecule has 4 heteroatoms. The molecule has 0 spiro atoms. The van der Waals surface area contributed by atoms with E-state index in [0.29, 0.717) is 0 Å². The molecule has 0 aliphatic rings. The molecule has 44 heavy (non-hydrogen) atoms. The lowest BCUT2D eigenvalue weighted by Crippen LogP contribution is -2.11. The number of para-hydroxylation sites is 1. The first-order valence-electron chi connectivity index (χ1n) is 14.8. The highest BCUT2D eigenvalue weighted by Crippen LogP contribution is 2.51. The lowest BCUT2D eigenvalue weighted by Gasteiger charge is -2.27. The van der Waals surface area contributed by atoms with Crippen LogP contribution in [0.5, 0.6) is 0 Å². The van der Waals surface area contributed by atoms with Gasteiger partial charge in [0.1, 0.15) is 5.58 Å². The molecule has 206 valence electrons. The van der Waals surface area contributed by atoms with Gasteiger partial charge in [-0.05, 0) is 53.9 Å². The lowest BCUT2D eigenvalue weighted by molar-refractivity contribution is 0.673. The Hall–Kier alpha value is -5.16. The molecule has 0 aliphatic carbocycles. The fourth-order valence-electron chi connectivity index (χ4n) is 6.96. The Morgan fingerprint density at radius 3 is 1.55 bits per heavy atom. The Labute approximate surface area is 260 Å². The van der Waals surface area contributed by atoms with Crippen molar-refractivity contribution < 1.29 is 4.42 Å². The Balaban J connectivity index is 1.38. The van der Waals surface area contributed by atoms with Gasteiger partial charge in [0.05, 0.1) is 17.1 Å². The zero-order valence-electron chi connectivity index (χ0n) is 23.5. The van der Waals surface area contributed by atoms with Gasteiger partial charge in [-0.3, -0.25) is 0 Å². The summed E-state index contributed by atoms with van der Waals surface area (Å²) in [5.74, 6) is 0. The molecule has 3 aromatic heterocycles. The van der Waals surface area contributed by atoms with E-state index < -0.39 is 0 Å². The molecule has 2 nitrogen and oxygen atoms in total. The van der Waals surface area contributed by atoms with Crippen molar-refractivity contribution in [3.8, 4) is 0 Å². The van der Waals surface area contributed by atoms with E-state index in [0.717, 1.165) is 44.4 Å². The summed E-state index contributed by atoms with van der Waals surface area (Å²) in [6.07, 6.45) is 0. The van der Waals surface area contributed by atoms with Crippen LogP contribution in [0.4, 0.5) is 17.1 Å². The van der Waals surface area contributed by atoms with E-state index >= 15 is 0 Å². The van der Waals surface area contributed by atoms with E-state index in [2.05, 4.69) is 144 Å². The fourth-order valence-corrected chi connectivity index (χ4v) is 9.21. The highest BCUT2D eigenvalue weighted by atomic mass is 32.1. The summed E-state index contributed by atoms with van der Waals surface area (Å²) in [5.41, 5.74) is 5.17. The molecule has 10 aromatic rings. The summed E-state index contributed by atoms with van der Waals surface area (Å²) in [6.45, 7) is 0. The SMILES string of the molecule is c1ccc2c(c1)ccc1c3cccc(N(c4cccc5sc6ccccc6c45)c4cccc5sc6ccccc6c45)c3oc21. The van der Waals surface area contributed by atoms with E-state index in [-0.39, 0.29) is 0 Å². The molecule has 0 atom stereocenters. The molecule has 0 saturated carbocycles. The number of anilines is 3. The monoisotopic (exact) mass is 597 g/mol. The number of thiophene rings is 2. The molecule has 0 amide bonds. The molecule has 0 N–H and O–H groups in total. The van der Waals surface area contributed by atoms with Crippen LogP contribution in [-0.2, 0) is 0 Å². The minimum absolute atomic E-state index is 0.895. The van der Waals surface area contributed by atoms with Crippen molar-refractivity contribution in [3.05, 3.63) is 140 Å². The van der Waals surface area contributed by atoms with Crippen molar-refractivity contribution in [3.63, 3.8) is 0 Å². The third-order valence-corrected chi connectivity index (χ3v) is 11.1. The number of hydrogen-bond donors (Lipinski definition) is 0.